The molecule has 3 nitrogen and oxygen atoms in total. The Kier molecular flexibility index (Phi) is 7.46. The van der Waals surface area contributed by atoms with E-state index in [1.54, 1.807) is 6.82 Å². The molecule has 0 atom stereocenters. The zero-order valence-corrected chi connectivity index (χ0v) is 19.1. The van der Waals surface area contributed by atoms with Crippen LogP contribution in [0.15, 0.2) is 97.1 Å². The normalized spacial score (nSPS) is 10.8. The number of hydrogen-bond acceptors (Lipinski definition) is 3. The molecule has 4 aromatic carbocycles. The predicted molar refractivity (Wildman–Crippen MR) is 139 cm³/mol. The first-order valence-corrected chi connectivity index (χ1v) is 11.3. The van der Waals surface area contributed by atoms with Gasteiger partial charge < -0.3 is 14.8 Å². The van der Waals surface area contributed by atoms with Crippen molar-refractivity contribution in [3.05, 3.63) is 114 Å². The second kappa shape index (κ2) is 10.7. The average Bonchev–Trinajstić information content (AvgIpc) is 2.85. The molecule has 2 N–H and O–H groups in total. The first kappa shape index (κ1) is 23.1. The van der Waals surface area contributed by atoms with Crippen LogP contribution in [0.3, 0.4) is 0 Å². The maximum Gasteiger partial charge on any atom is 0.358 e. The Morgan fingerprint density at radius 3 is 1.42 bits per heavy atom. The second-order valence-corrected chi connectivity index (χ2v) is 8.54. The summed E-state index contributed by atoms with van der Waals surface area (Å²) in [6.07, 6.45) is 0. The van der Waals surface area contributed by atoms with Crippen LogP contribution in [0.4, 0.5) is 0 Å². The van der Waals surface area contributed by atoms with Crippen LogP contribution in [-0.2, 0) is 18.0 Å². The smallest absolute Gasteiger partial charge is 0.358 e. The Labute approximate surface area is 196 Å². The summed E-state index contributed by atoms with van der Waals surface area (Å²) >= 11 is 0. The third-order valence-electron chi connectivity index (χ3n) is 5.91. The average molecular weight is 434 g/mol. The molecule has 164 valence electrons. The standard InChI is InChI=1S/C28H28B2O3/c1-21-3-9-24(10-4-21)25-11-17-28(18-12-25)30(32)27-15-7-23(8-16-27)20-33-19-22-5-13-26(14-6-22)29(2)31/h3-18,31-32H,19-20H2,1-2H3. The van der Waals surface area contributed by atoms with Crippen molar-refractivity contribution in [2.24, 2.45) is 0 Å². The fourth-order valence-electron chi connectivity index (χ4n) is 3.77. The second-order valence-electron chi connectivity index (χ2n) is 8.54. The highest BCUT2D eigenvalue weighted by molar-refractivity contribution is 6.78. The van der Waals surface area contributed by atoms with Crippen LogP contribution < -0.4 is 16.4 Å². The fourth-order valence-corrected chi connectivity index (χ4v) is 3.77. The molecule has 0 aliphatic carbocycles. The van der Waals surface area contributed by atoms with Crippen molar-refractivity contribution >= 4 is 30.2 Å². The third-order valence-corrected chi connectivity index (χ3v) is 5.91. The molecule has 0 fully saturated rings. The Balaban J connectivity index is 1.33. The summed E-state index contributed by atoms with van der Waals surface area (Å²) in [6, 6.07) is 32.2. The monoisotopic (exact) mass is 434 g/mol. The molecule has 0 unspecified atom stereocenters. The van der Waals surface area contributed by atoms with Gasteiger partial charge in [-0.25, -0.2) is 0 Å². The minimum absolute atomic E-state index is 0.458. The fraction of sp³-hybridized carbons (Fsp3) is 0.143. The lowest BCUT2D eigenvalue weighted by Gasteiger charge is -2.10. The molecule has 0 spiro atoms. The predicted octanol–water partition coefficient (Wildman–Crippen LogP) is 3.30. The summed E-state index contributed by atoms with van der Waals surface area (Å²) in [5.41, 5.74) is 8.31. The Bertz CT molecular complexity index is 1150. The topological polar surface area (TPSA) is 49.7 Å². The molecular formula is C28H28B2O3. The molecular weight excluding hydrogens is 406 g/mol. The van der Waals surface area contributed by atoms with Crippen LogP contribution in [0.5, 0.6) is 0 Å². The summed E-state index contributed by atoms with van der Waals surface area (Å²) in [5, 5.41) is 20.4. The van der Waals surface area contributed by atoms with E-state index in [1.165, 1.54) is 11.1 Å². The molecule has 5 heteroatoms. The molecule has 0 aliphatic rings. The molecule has 0 saturated carbocycles. The van der Waals surface area contributed by atoms with E-state index in [0.29, 0.717) is 13.2 Å². The summed E-state index contributed by atoms with van der Waals surface area (Å²) < 4.78 is 5.83. The Hall–Kier alpha value is -3.11. The maximum atomic E-state index is 10.8. The number of aryl methyl sites for hydroxylation is 1. The Morgan fingerprint density at radius 2 is 0.970 bits per heavy atom. The largest absolute Gasteiger partial charge is 0.447 e. The van der Waals surface area contributed by atoms with Crippen molar-refractivity contribution in [1.82, 2.24) is 0 Å². The third kappa shape index (κ3) is 6.02. The van der Waals surface area contributed by atoms with Crippen LogP contribution in [0, 0.1) is 6.92 Å². The van der Waals surface area contributed by atoms with E-state index in [9.17, 15) is 10.0 Å². The summed E-state index contributed by atoms with van der Waals surface area (Å²) in [7, 11) is 0. The van der Waals surface area contributed by atoms with Gasteiger partial charge in [0.25, 0.3) is 0 Å². The van der Waals surface area contributed by atoms with Crippen LogP contribution in [0.2, 0.25) is 6.82 Å². The first-order valence-electron chi connectivity index (χ1n) is 11.3. The van der Waals surface area contributed by atoms with Gasteiger partial charge in [-0.1, -0.05) is 109 Å². The highest BCUT2D eigenvalue weighted by Gasteiger charge is 2.17. The van der Waals surface area contributed by atoms with E-state index >= 15 is 0 Å². The van der Waals surface area contributed by atoms with Gasteiger partial charge in [-0.3, -0.25) is 0 Å². The quantitative estimate of drug-likeness (QED) is 0.419. The maximum absolute atomic E-state index is 10.8. The zero-order valence-electron chi connectivity index (χ0n) is 19.1. The molecule has 0 radical (unpaired) electrons. The van der Waals surface area contributed by atoms with Crippen molar-refractivity contribution in [1.29, 1.82) is 0 Å². The number of benzene rings is 4. The van der Waals surface area contributed by atoms with Gasteiger partial charge in [0.1, 0.15) is 0 Å². The van der Waals surface area contributed by atoms with Crippen molar-refractivity contribution in [2.75, 3.05) is 0 Å². The van der Waals surface area contributed by atoms with Crippen molar-refractivity contribution in [3.63, 3.8) is 0 Å². The molecule has 0 aromatic heterocycles. The van der Waals surface area contributed by atoms with E-state index in [2.05, 4.69) is 43.3 Å². The molecule has 0 amide bonds. The zero-order chi connectivity index (χ0) is 23.2. The highest BCUT2D eigenvalue weighted by Crippen LogP contribution is 2.18. The van der Waals surface area contributed by atoms with Crippen molar-refractivity contribution in [3.8, 4) is 11.1 Å². The van der Waals surface area contributed by atoms with Crippen LogP contribution in [0.25, 0.3) is 11.1 Å². The summed E-state index contributed by atoms with van der Waals surface area (Å²) in [6.45, 7) is 3.72. The lowest BCUT2D eigenvalue weighted by molar-refractivity contribution is 0.107. The van der Waals surface area contributed by atoms with E-state index in [4.69, 9.17) is 4.74 Å². The molecule has 33 heavy (non-hydrogen) atoms. The van der Waals surface area contributed by atoms with E-state index in [-0.39, 0.29) is 0 Å². The van der Waals surface area contributed by atoms with Gasteiger partial charge in [-0.2, -0.15) is 0 Å². The number of rotatable bonds is 8. The highest BCUT2D eigenvalue weighted by atomic mass is 16.5. The molecule has 4 aromatic rings. The van der Waals surface area contributed by atoms with Gasteiger partial charge in [0.15, 0.2) is 0 Å². The van der Waals surface area contributed by atoms with Gasteiger partial charge in [0, 0.05) is 0 Å². The molecule has 4 rings (SSSR count). The van der Waals surface area contributed by atoms with Crippen LogP contribution in [-0.4, -0.2) is 23.9 Å². The summed E-state index contributed by atoms with van der Waals surface area (Å²) in [5.74, 6) is 0. The molecule has 0 bridgehead atoms. The minimum Gasteiger partial charge on any atom is -0.447 e. The van der Waals surface area contributed by atoms with Crippen molar-refractivity contribution in [2.45, 2.75) is 27.0 Å². The molecule has 0 aliphatic heterocycles. The van der Waals surface area contributed by atoms with Gasteiger partial charge in [0.2, 0.25) is 0 Å². The Morgan fingerprint density at radius 1 is 0.576 bits per heavy atom. The minimum atomic E-state index is -0.667. The van der Waals surface area contributed by atoms with Crippen LogP contribution in [0.1, 0.15) is 16.7 Å². The van der Waals surface area contributed by atoms with E-state index in [1.807, 2.05) is 60.7 Å². The number of hydrogen-bond donors (Lipinski definition) is 2. The molecule has 0 saturated heterocycles. The van der Waals surface area contributed by atoms with Gasteiger partial charge in [0.05, 0.1) is 13.2 Å². The van der Waals surface area contributed by atoms with E-state index in [0.717, 1.165) is 33.1 Å². The van der Waals surface area contributed by atoms with Gasteiger partial charge in [-0.05, 0) is 45.6 Å². The van der Waals surface area contributed by atoms with Crippen LogP contribution >= 0.6 is 0 Å². The first-order chi connectivity index (χ1) is 16.0. The van der Waals surface area contributed by atoms with Crippen molar-refractivity contribution < 1.29 is 14.8 Å². The lowest BCUT2D eigenvalue weighted by atomic mass is 9.56. The SMILES string of the molecule is CB(O)c1ccc(COCc2ccc(B(O)c3ccc(-c4ccc(C)cc4)cc3)cc2)cc1. The number of ether oxygens (including phenoxy) is 1. The van der Waals surface area contributed by atoms with Gasteiger partial charge in [-0.15, -0.1) is 0 Å². The van der Waals surface area contributed by atoms with Gasteiger partial charge >= 0.3 is 13.8 Å². The van der Waals surface area contributed by atoms with E-state index < -0.39 is 13.8 Å². The molecule has 0 heterocycles. The lowest BCUT2D eigenvalue weighted by Crippen LogP contribution is -2.42. The summed E-state index contributed by atoms with van der Waals surface area (Å²) in [4.78, 5) is 0.